The molecule has 2 N–H and O–H groups in total. The van der Waals surface area contributed by atoms with Crippen LogP contribution >= 0.6 is 0 Å². The highest BCUT2D eigenvalue weighted by Crippen LogP contribution is 2.09. The van der Waals surface area contributed by atoms with Gasteiger partial charge in [0, 0.05) is 6.42 Å². The Morgan fingerprint density at radius 2 is 2.04 bits per heavy atom. The zero-order chi connectivity index (χ0) is 16.9. The molecule has 1 saturated heterocycles. The van der Waals surface area contributed by atoms with Crippen molar-refractivity contribution in [3.05, 3.63) is 12.2 Å². The predicted octanol–water partition coefficient (Wildman–Crippen LogP) is 2.87. The number of cyclic esters (lactones) is 1. The number of unbranched alkanes of at least 4 members (excludes halogenated alkanes) is 5. The van der Waals surface area contributed by atoms with E-state index >= 15 is 0 Å². The van der Waals surface area contributed by atoms with Crippen LogP contribution < -0.4 is 5.32 Å². The number of aliphatic hydroxyl groups is 1. The summed E-state index contributed by atoms with van der Waals surface area (Å²) in [4.78, 5) is 23.0. The zero-order valence-corrected chi connectivity index (χ0v) is 14.3. The summed E-state index contributed by atoms with van der Waals surface area (Å²) in [6.07, 6.45) is 12.9. The van der Waals surface area contributed by atoms with Crippen molar-refractivity contribution >= 4 is 11.9 Å². The number of carbonyl (C=O) groups is 2. The monoisotopic (exact) mass is 325 g/mol. The number of rotatable bonds is 12. The van der Waals surface area contributed by atoms with Gasteiger partial charge in [-0.2, -0.15) is 0 Å². The van der Waals surface area contributed by atoms with Gasteiger partial charge in [0.25, 0.3) is 0 Å². The van der Waals surface area contributed by atoms with E-state index in [0.717, 1.165) is 19.3 Å². The van der Waals surface area contributed by atoms with Gasteiger partial charge in [-0.25, -0.2) is 4.79 Å². The van der Waals surface area contributed by atoms with E-state index in [1.165, 1.54) is 25.7 Å². The quantitative estimate of drug-likeness (QED) is 0.329. The Kier molecular flexibility index (Phi) is 10.4. The zero-order valence-electron chi connectivity index (χ0n) is 14.3. The van der Waals surface area contributed by atoms with Crippen LogP contribution in [0.1, 0.15) is 71.1 Å². The number of carbonyl (C=O) groups excluding carboxylic acids is 2. The molecule has 1 aliphatic rings. The molecule has 5 heteroatoms. The first-order valence-electron chi connectivity index (χ1n) is 8.92. The molecule has 23 heavy (non-hydrogen) atoms. The molecule has 1 aliphatic heterocycles. The molecule has 132 valence electrons. The van der Waals surface area contributed by atoms with Gasteiger partial charge in [0.05, 0.1) is 19.1 Å². The van der Waals surface area contributed by atoms with Gasteiger partial charge in [-0.3, -0.25) is 4.79 Å². The third kappa shape index (κ3) is 9.39. The van der Waals surface area contributed by atoms with Crippen molar-refractivity contribution in [2.75, 3.05) is 6.61 Å². The Labute approximate surface area is 139 Å². The van der Waals surface area contributed by atoms with Gasteiger partial charge in [-0.15, -0.1) is 0 Å². The smallest absolute Gasteiger partial charge is 0.328 e. The highest BCUT2D eigenvalue weighted by atomic mass is 16.5. The van der Waals surface area contributed by atoms with Crippen molar-refractivity contribution in [3.63, 3.8) is 0 Å². The topological polar surface area (TPSA) is 75.6 Å². The normalized spacial score (nSPS) is 19.0. The molecule has 0 spiro atoms. The fourth-order valence-corrected chi connectivity index (χ4v) is 2.59. The average Bonchev–Trinajstić information content (AvgIpc) is 2.90. The Bertz CT molecular complexity index is 381. The van der Waals surface area contributed by atoms with Crippen LogP contribution in [0.5, 0.6) is 0 Å². The summed E-state index contributed by atoms with van der Waals surface area (Å²) >= 11 is 0. The maximum atomic E-state index is 11.7. The van der Waals surface area contributed by atoms with E-state index in [0.29, 0.717) is 19.4 Å². The fraction of sp³-hybridized carbons (Fsp3) is 0.778. The van der Waals surface area contributed by atoms with E-state index in [2.05, 4.69) is 24.4 Å². The number of allylic oxidation sites excluding steroid dienone is 2. The van der Waals surface area contributed by atoms with Crippen LogP contribution in [0.4, 0.5) is 0 Å². The van der Waals surface area contributed by atoms with Crippen LogP contribution in [-0.4, -0.2) is 35.7 Å². The summed E-state index contributed by atoms with van der Waals surface area (Å²) in [5.74, 6) is -0.662. The van der Waals surface area contributed by atoms with Crippen LogP contribution in [-0.2, 0) is 14.3 Å². The molecular formula is C18H31NO4. The first-order chi connectivity index (χ1) is 11.1. The molecule has 0 aromatic heterocycles. The van der Waals surface area contributed by atoms with Crippen molar-refractivity contribution in [2.24, 2.45) is 0 Å². The average molecular weight is 325 g/mol. The molecule has 0 aromatic carbocycles. The Hall–Kier alpha value is -1.36. The molecule has 0 radical (unpaired) electrons. The number of esters is 1. The maximum Gasteiger partial charge on any atom is 0.328 e. The summed E-state index contributed by atoms with van der Waals surface area (Å²) in [7, 11) is 0. The first-order valence-corrected chi connectivity index (χ1v) is 8.92. The molecule has 1 fully saturated rings. The number of hydrogen-bond acceptors (Lipinski definition) is 4. The lowest BCUT2D eigenvalue weighted by Crippen LogP contribution is -2.39. The minimum absolute atomic E-state index is 0.0461. The van der Waals surface area contributed by atoms with Crippen LogP contribution in [0.3, 0.4) is 0 Å². The molecule has 0 aliphatic carbocycles. The Morgan fingerprint density at radius 3 is 2.70 bits per heavy atom. The molecule has 0 saturated carbocycles. The maximum absolute atomic E-state index is 11.7. The summed E-state index contributed by atoms with van der Waals surface area (Å²) in [5, 5.41) is 12.5. The number of hydrogen-bond donors (Lipinski definition) is 2. The number of amides is 1. The van der Waals surface area contributed by atoms with E-state index in [1.807, 2.05) is 0 Å². The van der Waals surface area contributed by atoms with E-state index in [-0.39, 0.29) is 18.3 Å². The van der Waals surface area contributed by atoms with Crippen LogP contribution in [0, 0.1) is 0 Å². The molecule has 1 rings (SSSR count). The minimum atomic E-state index is -0.648. The van der Waals surface area contributed by atoms with Crippen LogP contribution in [0.25, 0.3) is 0 Å². The van der Waals surface area contributed by atoms with E-state index < -0.39 is 12.1 Å². The lowest BCUT2D eigenvalue weighted by Gasteiger charge is -2.12. The first kappa shape index (κ1) is 19.7. The fourth-order valence-electron chi connectivity index (χ4n) is 2.59. The van der Waals surface area contributed by atoms with E-state index in [9.17, 15) is 14.7 Å². The number of aliphatic hydroxyl groups excluding tert-OH is 1. The van der Waals surface area contributed by atoms with Gasteiger partial charge in [-0.1, -0.05) is 38.3 Å². The summed E-state index contributed by atoms with van der Waals surface area (Å²) < 4.78 is 4.78. The third-order valence-electron chi connectivity index (χ3n) is 3.99. The van der Waals surface area contributed by atoms with E-state index in [4.69, 9.17) is 4.74 Å². The molecule has 0 unspecified atom stereocenters. The molecule has 0 aromatic rings. The standard InChI is InChI=1S/C18H31NO4/c1-2-3-4-5-6-7-8-9-10-11-15(20)14-17(21)19-16-12-13-23-18(16)22/h7-8,15-16,20H,2-6,9-14H2,1H3,(H,19,21)/b8-7-/t15-,16-/m0/s1. The SMILES string of the molecule is CCCCCC/C=C\CCC[C@H](O)CC(=O)N[C@H]1CCOC1=O. The lowest BCUT2D eigenvalue weighted by molar-refractivity contribution is -0.141. The molecule has 1 amide bonds. The highest BCUT2D eigenvalue weighted by Gasteiger charge is 2.28. The van der Waals surface area contributed by atoms with Crippen LogP contribution in [0.15, 0.2) is 12.2 Å². The molecule has 1 heterocycles. The van der Waals surface area contributed by atoms with Crippen LogP contribution in [0.2, 0.25) is 0 Å². The van der Waals surface area contributed by atoms with Gasteiger partial charge < -0.3 is 15.2 Å². The summed E-state index contributed by atoms with van der Waals surface area (Å²) in [6, 6.07) is -0.537. The Balaban J connectivity index is 2.01. The molecule has 0 bridgehead atoms. The predicted molar refractivity (Wildman–Crippen MR) is 89.9 cm³/mol. The van der Waals surface area contributed by atoms with Crippen molar-refractivity contribution in [1.29, 1.82) is 0 Å². The molecule has 2 atom stereocenters. The largest absolute Gasteiger partial charge is 0.464 e. The van der Waals surface area contributed by atoms with Crippen molar-refractivity contribution < 1.29 is 19.4 Å². The van der Waals surface area contributed by atoms with E-state index in [1.54, 1.807) is 0 Å². The highest BCUT2D eigenvalue weighted by molar-refractivity contribution is 5.85. The minimum Gasteiger partial charge on any atom is -0.464 e. The second kappa shape index (κ2) is 12.1. The van der Waals surface area contributed by atoms with Gasteiger partial charge in [0.2, 0.25) is 5.91 Å². The second-order valence-corrected chi connectivity index (χ2v) is 6.19. The molecular weight excluding hydrogens is 294 g/mol. The molecule has 5 nitrogen and oxygen atoms in total. The lowest BCUT2D eigenvalue weighted by atomic mass is 10.1. The van der Waals surface area contributed by atoms with Gasteiger partial charge in [0.15, 0.2) is 0 Å². The van der Waals surface area contributed by atoms with Gasteiger partial charge in [0.1, 0.15) is 6.04 Å². The second-order valence-electron chi connectivity index (χ2n) is 6.19. The Morgan fingerprint density at radius 1 is 1.30 bits per heavy atom. The van der Waals surface area contributed by atoms with Crippen molar-refractivity contribution in [3.8, 4) is 0 Å². The van der Waals surface area contributed by atoms with Crippen molar-refractivity contribution in [2.45, 2.75) is 83.3 Å². The summed E-state index contributed by atoms with van der Waals surface area (Å²) in [6.45, 7) is 2.57. The van der Waals surface area contributed by atoms with Gasteiger partial charge >= 0.3 is 5.97 Å². The van der Waals surface area contributed by atoms with Crippen molar-refractivity contribution in [1.82, 2.24) is 5.32 Å². The number of ether oxygens (including phenoxy) is 1. The summed E-state index contributed by atoms with van der Waals surface area (Å²) in [5.41, 5.74) is 0. The third-order valence-corrected chi connectivity index (χ3v) is 3.99. The van der Waals surface area contributed by atoms with Gasteiger partial charge in [-0.05, 0) is 32.1 Å². The number of nitrogens with one attached hydrogen (secondary N) is 1.